The molecule has 0 fully saturated rings. The fourth-order valence-electron chi connectivity index (χ4n) is 3.87. The number of ether oxygens (including phenoxy) is 2. The lowest BCUT2D eigenvalue weighted by atomic mass is 10.1. The van der Waals surface area contributed by atoms with E-state index >= 15 is 0 Å². The van der Waals surface area contributed by atoms with Gasteiger partial charge in [-0.15, -0.1) is 0 Å². The zero-order valence-corrected chi connectivity index (χ0v) is 21.5. The van der Waals surface area contributed by atoms with Crippen LogP contribution in [0.5, 0.6) is 5.75 Å². The number of methoxy groups -OCH3 is 1. The molecule has 1 aromatic heterocycles. The fraction of sp³-hybridized carbons (Fsp3) is 0.231. The Bertz CT molecular complexity index is 1430. The van der Waals surface area contributed by atoms with Crippen LogP contribution in [0.15, 0.2) is 70.3 Å². The van der Waals surface area contributed by atoms with E-state index in [0.29, 0.717) is 22.6 Å². The average molecular weight is 541 g/mol. The second-order valence-electron chi connectivity index (χ2n) is 8.01. The van der Waals surface area contributed by atoms with Gasteiger partial charge in [-0.1, -0.05) is 30.0 Å². The maximum atomic E-state index is 13.7. The largest absolute Gasteiger partial charge is 0.481 e. The van der Waals surface area contributed by atoms with Gasteiger partial charge in [-0.3, -0.25) is 9.59 Å². The second kappa shape index (κ2) is 11.6. The summed E-state index contributed by atoms with van der Waals surface area (Å²) in [5, 5.41) is 13.5. The molecule has 0 aliphatic carbocycles. The van der Waals surface area contributed by atoms with E-state index in [4.69, 9.17) is 9.47 Å². The Hall–Kier alpha value is -3.69. The zero-order chi connectivity index (χ0) is 26.4. The standard InChI is InChI=1S/C26H24N2O7S2/c1-34-13-4-5-14-35-21-8-10-22(11-9-21)37(32,33)28-16-19-6-2-3-7-23(19)27(17-24(28)26(30)31)25(29)20-12-15-36-18-20/h2-3,6-12,15,18,24H,13-14,16-17H2,1H3,(H,30,31). The third-order valence-corrected chi connectivity index (χ3v) is 8.25. The number of carbonyl (C=O) groups excluding carboxylic acids is 1. The number of hydrogen-bond donors (Lipinski definition) is 1. The summed E-state index contributed by atoms with van der Waals surface area (Å²) in [6.07, 6.45) is 0. The smallest absolute Gasteiger partial charge is 0.323 e. The van der Waals surface area contributed by atoms with Crippen LogP contribution in [-0.2, 0) is 26.1 Å². The Kier molecular flexibility index (Phi) is 8.25. The van der Waals surface area contributed by atoms with Crippen LogP contribution in [0.4, 0.5) is 5.69 Å². The number of aliphatic carboxylic acids is 1. The summed E-state index contributed by atoms with van der Waals surface area (Å²) in [6, 6.07) is 12.7. The summed E-state index contributed by atoms with van der Waals surface area (Å²) in [6.45, 7) is -0.175. The molecule has 1 aliphatic rings. The van der Waals surface area contributed by atoms with Crippen molar-refractivity contribution in [3.8, 4) is 17.6 Å². The van der Waals surface area contributed by atoms with Crippen LogP contribution >= 0.6 is 11.3 Å². The molecule has 37 heavy (non-hydrogen) atoms. The van der Waals surface area contributed by atoms with Gasteiger partial charge in [0.15, 0.2) is 0 Å². The van der Waals surface area contributed by atoms with Gasteiger partial charge in [0.25, 0.3) is 5.91 Å². The second-order valence-corrected chi connectivity index (χ2v) is 10.7. The molecular formula is C26H24N2O7S2. The Morgan fingerprint density at radius 3 is 2.49 bits per heavy atom. The molecule has 192 valence electrons. The first-order chi connectivity index (χ1) is 17.8. The minimum Gasteiger partial charge on any atom is -0.481 e. The molecule has 0 radical (unpaired) electrons. The number of para-hydroxylation sites is 1. The third kappa shape index (κ3) is 5.84. The molecule has 11 heteroatoms. The van der Waals surface area contributed by atoms with Gasteiger partial charge in [-0.25, -0.2) is 8.42 Å². The molecule has 0 saturated heterocycles. The number of amides is 1. The molecule has 1 N–H and O–H groups in total. The average Bonchev–Trinajstić information content (AvgIpc) is 3.37. The van der Waals surface area contributed by atoms with E-state index in [1.807, 2.05) is 0 Å². The van der Waals surface area contributed by atoms with Gasteiger partial charge >= 0.3 is 5.97 Å². The molecule has 1 aliphatic heterocycles. The van der Waals surface area contributed by atoms with Gasteiger partial charge in [0.1, 0.15) is 25.0 Å². The van der Waals surface area contributed by atoms with Crippen LogP contribution in [0.1, 0.15) is 15.9 Å². The highest BCUT2D eigenvalue weighted by molar-refractivity contribution is 7.89. The van der Waals surface area contributed by atoms with Crippen LogP contribution < -0.4 is 9.64 Å². The molecule has 4 rings (SSSR count). The van der Waals surface area contributed by atoms with Crippen LogP contribution in [-0.4, -0.2) is 62.6 Å². The lowest BCUT2D eigenvalue weighted by Crippen LogP contribution is -2.50. The SMILES string of the molecule is COCC#CCOc1ccc(S(=O)(=O)N2Cc3ccccc3N(C(=O)c3ccsc3)CC2C(=O)O)cc1. The van der Waals surface area contributed by atoms with Crippen molar-refractivity contribution in [2.24, 2.45) is 0 Å². The van der Waals surface area contributed by atoms with Crippen molar-refractivity contribution in [3.63, 3.8) is 0 Å². The highest BCUT2D eigenvalue weighted by Gasteiger charge is 2.41. The van der Waals surface area contributed by atoms with Crippen LogP contribution in [0.3, 0.4) is 0 Å². The Labute approximate surface area is 218 Å². The van der Waals surface area contributed by atoms with E-state index in [1.54, 1.807) is 41.1 Å². The zero-order valence-electron chi connectivity index (χ0n) is 19.9. The predicted octanol–water partition coefficient (Wildman–Crippen LogP) is 3.08. The van der Waals surface area contributed by atoms with E-state index in [2.05, 4.69) is 11.8 Å². The summed E-state index contributed by atoms with van der Waals surface area (Å²) in [4.78, 5) is 26.9. The third-order valence-electron chi connectivity index (χ3n) is 5.69. The van der Waals surface area contributed by atoms with Gasteiger partial charge in [-0.2, -0.15) is 15.6 Å². The normalized spacial score (nSPS) is 15.7. The van der Waals surface area contributed by atoms with E-state index in [1.165, 1.54) is 47.6 Å². The molecule has 0 saturated carbocycles. The molecule has 2 heterocycles. The minimum absolute atomic E-state index is 0.0911. The number of hydrogen-bond acceptors (Lipinski definition) is 7. The number of nitrogens with zero attached hydrogens (tertiary/aromatic N) is 2. The maximum Gasteiger partial charge on any atom is 0.323 e. The van der Waals surface area contributed by atoms with E-state index < -0.39 is 27.9 Å². The Balaban J connectivity index is 1.65. The van der Waals surface area contributed by atoms with E-state index in [-0.39, 0.29) is 31.2 Å². The van der Waals surface area contributed by atoms with Crippen LogP contribution in [0.25, 0.3) is 0 Å². The fourth-order valence-corrected chi connectivity index (χ4v) is 6.05. The first-order valence-electron chi connectivity index (χ1n) is 11.2. The highest BCUT2D eigenvalue weighted by Crippen LogP contribution is 2.32. The molecule has 0 spiro atoms. The topological polar surface area (TPSA) is 113 Å². The van der Waals surface area contributed by atoms with Gasteiger partial charge in [0.2, 0.25) is 10.0 Å². The molecule has 9 nitrogen and oxygen atoms in total. The molecule has 1 unspecified atom stereocenters. The number of carboxylic acids is 1. The first kappa shape index (κ1) is 26.4. The van der Waals surface area contributed by atoms with Gasteiger partial charge in [0, 0.05) is 24.7 Å². The summed E-state index contributed by atoms with van der Waals surface area (Å²) >= 11 is 1.34. The van der Waals surface area contributed by atoms with Crippen molar-refractivity contribution in [2.45, 2.75) is 17.5 Å². The quantitative estimate of drug-likeness (QED) is 0.458. The Morgan fingerprint density at radius 2 is 1.81 bits per heavy atom. The number of anilines is 1. The number of benzene rings is 2. The molecule has 3 aromatic rings. The lowest BCUT2D eigenvalue weighted by Gasteiger charge is -2.28. The van der Waals surface area contributed by atoms with Gasteiger partial charge in [0.05, 0.1) is 17.0 Å². The number of rotatable bonds is 7. The van der Waals surface area contributed by atoms with Crippen molar-refractivity contribution >= 4 is 38.9 Å². The predicted molar refractivity (Wildman–Crippen MR) is 138 cm³/mol. The number of carboxylic acid groups (broad SMARTS) is 1. The van der Waals surface area contributed by atoms with Crippen molar-refractivity contribution in [2.75, 3.05) is 31.8 Å². The summed E-state index contributed by atoms with van der Waals surface area (Å²) in [5.41, 5.74) is 1.40. The van der Waals surface area contributed by atoms with Crippen LogP contribution in [0, 0.1) is 11.8 Å². The minimum atomic E-state index is -4.26. The van der Waals surface area contributed by atoms with Crippen molar-refractivity contribution in [1.82, 2.24) is 4.31 Å². The van der Waals surface area contributed by atoms with Crippen molar-refractivity contribution in [1.29, 1.82) is 0 Å². The summed E-state index contributed by atoms with van der Waals surface area (Å²) < 4.78 is 38.7. The summed E-state index contributed by atoms with van der Waals surface area (Å²) in [5.74, 6) is 4.18. The molecule has 1 atom stereocenters. The molecule has 1 amide bonds. The number of fused-ring (bicyclic) bond motifs is 1. The monoisotopic (exact) mass is 540 g/mol. The summed E-state index contributed by atoms with van der Waals surface area (Å²) in [7, 11) is -2.72. The van der Waals surface area contributed by atoms with Crippen molar-refractivity contribution < 1.29 is 32.6 Å². The number of carbonyl (C=O) groups is 2. The van der Waals surface area contributed by atoms with Crippen LogP contribution in [0.2, 0.25) is 0 Å². The van der Waals surface area contributed by atoms with E-state index in [9.17, 15) is 23.1 Å². The number of sulfonamides is 1. The van der Waals surface area contributed by atoms with E-state index in [0.717, 1.165) is 4.31 Å². The first-order valence-corrected chi connectivity index (χ1v) is 13.6. The molecule has 2 aromatic carbocycles. The Morgan fingerprint density at radius 1 is 1.08 bits per heavy atom. The molecule has 0 bridgehead atoms. The highest BCUT2D eigenvalue weighted by atomic mass is 32.2. The van der Waals surface area contributed by atoms with Gasteiger partial charge in [-0.05, 0) is 47.3 Å². The maximum absolute atomic E-state index is 13.7. The lowest BCUT2D eigenvalue weighted by molar-refractivity contribution is -0.141. The number of thiophene rings is 1. The van der Waals surface area contributed by atoms with Crippen molar-refractivity contribution in [3.05, 3.63) is 76.5 Å². The van der Waals surface area contributed by atoms with Gasteiger partial charge < -0.3 is 19.5 Å². The molecular weight excluding hydrogens is 516 g/mol.